The van der Waals surface area contributed by atoms with Crippen molar-refractivity contribution in [1.29, 1.82) is 0 Å². The van der Waals surface area contributed by atoms with E-state index in [0.29, 0.717) is 11.3 Å². The van der Waals surface area contributed by atoms with Crippen LogP contribution in [0, 0.1) is 11.8 Å². The van der Waals surface area contributed by atoms with E-state index in [1.165, 1.54) is 18.4 Å². The van der Waals surface area contributed by atoms with Gasteiger partial charge in [-0.15, -0.1) is 0 Å². The van der Waals surface area contributed by atoms with Gasteiger partial charge in [-0.2, -0.15) is 17.7 Å². The number of nitrogens with zero attached hydrogens (tertiary/aromatic N) is 2. The van der Waals surface area contributed by atoms with Gasteiger partial charge < -0.3 is 0 Å². The van der Waals surface area contributed by atoms with Crippen molar-refractivity contribution in [3.8, 4) is 0 Å². The Morgan fingerprint density at radius 1 is 1.44 bits per heavy atom. The highest BCUT2D eigenvalue weighted by Crippen LogP contribution is 2.41. The summed E-state index contributed by atoms with van der Waals surface area (Å²) in [6.07, 6.45) is 7.82. The Morgan fingerprint density at radius 2 is 2.12 bits per heavy atom. The Labute approximate surface area is 104 Å². The topological polar surface area (TPSA) is 17.8 Å². The van der Waals surface area contributed by atoms with Gasteiger partial charge in [-0.3, -0.25) is 4.68 Å². The Kier molecular flexibility index (Phi) is 3.63. The average molecular weight is 238 g/mol. The molecule has 1 fully saturated rings. The van der Waals surface area contributed by atoms with Crippen LogP contribution in [0.5, 0.6) is 0 Å². The maximum Gasteiger partial charge on any atom is 0.0524 e. The second-order valence-corrected chi connectivity index (χ2v) is 6.39. The van der Waals surface area contributed by atoms with E-state index in [2.05, 4.69) is 49.4 Å². The molecule has 0 radical (unpaired) electrons. The zero-order valence-electron chi connectivity index (χ0n) is 10.4. The molecule has 16 heavy (non-hydrogen) atoms. The van der Waals surface area contributed by atoms with Crippen molar-refractivity contribution in [2.45, 2.75) is 51.3 Å². The predicted molar refractivity (Wildman–Crippen MR) is 71.0 cm³/mol. The first kappa shape index (κ1) is 12.0. The van der Waals surface area contributed by atoms with Gasteiger partial charge in [-0.05, 0) is 36.7 Å². The third-order valence-electron chi connectivity index (χ3n) is 3.65. The molecule has 0 N–H and O–H groups in total. The van der Waals surface area contributed by atoms with E-state index >= 15 is 0 Å². The van der Waals surface area contributed by atoms with Crippen LogP contribution in [0.2, 0.25) is 0 Å². The number of aromatic nitrogens is 2. The number of hydrogen-bond acceptors (Lipinski definition) is 2. The minimum absolute atomic E-state index is 0.419. The quantitative estimate of drug-likeness (QED) is 0.796. The molecule has 2 nitrogen and oxygen atoms in total. The summed E-state index contributed by atoms with van der Waals surface area (Å²) in [7, 11) is 0. The van der Waals surface area contributed by atoms with E-state index < -0.39 is 0 Å². The minimum Gasteiger partial charge on any atom is -0.269 e. The van der Waals surface area contributed by atoms with Crippen LogP contribution in [0.25, 0.3) is 0 Å². The summed E-state index contributed by atoms with van der Waals surface area (Å²) in [5, 5.41) is 4.89. The molecule has 0 saturated heterocycles. The second kappa shape index (κ2) is 4.82. The zero-order valence-corrected chi connectivity index (χ0v) is 11.3. The van der Waals surface area contributed by atoms with Gasteiger partial charge in [0.15, 0.2) is 0 Å². The van der Waals surface area contributed by atoms with E-state index in [4.69, 9.17) is 0 Å². The van der Waals surface area contributed by atoms with Crippen LogP contribution in [0.1, 0.15) is 45.2 Å². The van der Waals surface area contributed by atoms with E-state index in [1.54, 1.807) is 0 Å². The van der Waals surface area contributed by atoms with Crippen LogP contribution in [0.15, 0.2) is 12.4 Å². The van der Waals surface area contributed by atoms with Gasteiger partial charge in [-0.1, -0.05) is 20.8 Å². The van der Waals surface area contributed by atoms with Crippen LogP contribution in [-0.2, 0) is 6.42 Å². The summed E-state index contributed by atoms with van der Waals surface area (Å²) in [5.41, 5.74) is 1.32. The Balaban J connectivity index is 1.89. The summed E-state index contributed by atoms with van der Waals surface area (Å²) < 4.78 is 2.16. The fourth-order valence-corrected chi connectivity index (χ4v) is 2.62. The van der Waals surface area contributed by atoms with Crippen LogP contribution in [0.4, 0.5) is 0 Å². The van der Waals surface area contributed by atoms with Crippen molar-refractivity contribution < 1.29 is 0 Å². The van der Waals surface area contributed by atoms with Gasteiger partial charge in [0.05, 0.1) is 12.2 Å². The van der Waals surface area contributed by atoms with E-state index in [9.17, 15) is 0 Å². The van der Waals surface area contributed by atoms with E-state index in [-0.39, 0.29) is 0 Å². The smallest absolute Gasteiger partial charge is 0.0524 e. The number of hydrogen-bond donors (Lipinski definition) is 1. The fourth-order valence-electron chi connectivity index (χ4n) is 2.41. The molecular weight excluding hydrogens is 216 g/mol. The minimum atomic E-state index is 0.419. The first-order chi connectivity index (χ1) is 7.56. The summed E-state index contributed by atoms with van der Waals surface area (Å²) in [4.78, 5) is 0. The molecular formula is C13H22N2S. The highest BCUT2D eigenvalue weighted by molar-refractivity contribution is 7.80. The van der Waals surface area contributed by atoms with Crippen molar-refractivity contribution in [3.05, 3.63) is 18.0 Å². The fraction of sp³-hybridized carbons (Fsp3) is 0.769. The molecule has 1 aliphatic rings. The molecule has 1 aliphatic carbocycles. The lowest BCUT2D eigenvalue weighted by Crippen LogP contribution is -2.30. The lowest BCUT2D eigenvalue weighted by Gasteiger charge is -2.38. The second-order valence-electron chi connectivity index (χ2n) is 5.51. The van der Waals surface area contributed by atoms with Gasteiger partial charge in [0.25, 0.3) is 0 Å². The SMILES string of the molecule is CC(S)Cc1cnn([C@H]2C[C@H](C(C)C)C2)c1. The molecule has 0 spiro atoms. The largest absolute Gasteiger partial charge is 0.269 e. The van der Waals surface area contributed by atoms with Crippen molar-refractivity contribution in [1.82, 2.24) is 9.78 Å². The van der Waals surface area contributed by atoms with E-state index in [1.807, 2.05) is 6.20 Å². The van der Waals surface area contributed by atoms with Crippen LogP contribution < -0.4 is 0 Å². The lowest BCUT2D eigenvalue weighted by atomic mass is 9.74. The summed E-state index contributed by atoms with van der Waals surface area (Å²) >= 11 is 4.41. The predicted octanol–water partition coefficient (Wildman–Crippen LogP) is 3.35. The maximum atomic E-state index is 4.47. The molecule has 90 valence electrons. The molecule has 0 aliphatic heterocycles. The van der Waals surface area contributed by atoms with Gasteiger partial charge in [0.2, 0.25) is 0 Å². The molecule has 1 aromatic heterocycles. The van der Waals surface area contributed by atoms with Crippen LogP contribution >= 0.6 is 12.6 Å². The first-order valence-electron chi connectivity index (χ1n) is 6.27. The van der Waals surface area contributed by atoms with Gasteiger partial charge in [0, 0.05) is 11.4 Å². The normalized spacial score (nSPS) is 26.8. The van der Waals surface area contributed by atoms with Crippen LogP contribution in [0.3, 0.4) is 0 Å². The molecule has 1 aromatic rings. The molecule has 1 unspecified atom stereocenters. The Bertz CT molecular complexity index is 337. The summed E-state index contributed by atoms with van der Waals surface area (Å²) in [6, 6.07) is 0.649. The van der Waals surface area contributed by atoms with Gasteiger partial charge >= 0.3 is 0 Å². The van der Waals surface area contributed by atoms with Gasteiger partial charge in [-0.25, -0.2) is 0 Å². The zero-order chi connectivity index (χ0) is 11.7. The molecule has 1 heterocycles. The molecule has 2 rings (SSSR count). The van der Waals surface area contributed by atoms with Crippen molar-refractivity contribution in [2.75, 3.05) is 0 Å². The number of rotatable bonds is 4. The van der Waals surface area contributed by atoms with Crippen molar-refractivity contribution >= 4 is 12.6 Å². The van der Waals surface area contributed by atoms with Crippen molar-refractivity contribution in [3.63, 3.8) is 0 Å². The summed E-state index contributed by atoms with van der Waals surface area (Å²) in [5.74, 6) is 1.73. The molecule has 0 aromatic carbocycles. The van der Waals surface area contributed by atoms with Crippen LogP contribution in [-0.4, -0.2) is 15.0 Å². The third-order valence-corrected chi connectivity index (χ3v) is 3.84. The maximum absolute atomic E-state index is 4.47. The standard InChI is InChI=1S/C13H22N2S/c1-9(2)12-5-13(6-12)15-8-11(7-14-15)4-10(3)16/h7-10,12-13,16H,4-6H2,1-3H3/t10?,12-,13-. The Hall–Kier alpha value is -0.440. The average Bonchev–Trinajstić information content (AvgIpc) is 2.48. The molecule has 0 bridgehead atoms. The molecule has 0 amide bonds. The monoisotopic (exact) mass is 238 g/mol. The molecule has 1 saturated carbocycles. The Morgan fingerprint density at radius 3 is 2.69 bits per heavy atom. The van der Waals surface area contributed by atoms with Crippen molar-refractivity contribution in [2.24, 2.45) is 11.8 Å². The highest BCUT2D eigenvalue weighted by Gasteiger charge is 2.32. The first-order valence-corrected chi connectivity index (χ1v) is 6.79. The molecule has 1 atom stereocenters. The molecule has 3 heteroatoms. The summed E-state index contributed by atoms with van der Waals surface area (Å²) in [6.45, 7) is 6.76. The van der Waals surface area contributed by atoms with Gasteiger partial charge in [0.1, 0.15) is 0 Å². The lowest BCUT2D eigenvalue weighted by molar-refractivity contribution is 0.137. The highest BCUT2D eigenvalue weighted by atomic mass is 32.1. The number of thiol groups is 1. The third kappa shape index (κ3) is 2.62. The van der Waals surface area contributed by atoms with E-state index in [0.717, 1.165) is 18.3 Å².